The number of halogens is 3. The SMILES string of the molecule is CN(C(=O)CSC(F)(F)F)C1CC2CCC(C1)N2. The fourth-order valence-corrected chi connectivity index (χ4v) is 3.28. The van der Waals surface area contributed by atoms with Crippen molar-refractivity contribution in [1.29, 1.82) is 0 Å². The predicted octanol–water partition coefficient (Wildman–Crippen LogP) is 1.98. The molecule has 2 saturated heterocycles. The number of thioether (sulfide) groups is 1. The van der Waals surface area contributed by atoms with Gasteiger partial charge < -0.3 is 10.2 Å². The molecular formula is C11H17F3N2OS. The van der Waals surface area contributed by atoms with Gasteiger partial charge in [0.1, 0.15) is 0 Å². The van der Waals surface area contributed by atoms with E-state index in [9.17, 15) is 18.0 Å². The summed E-state index contributed by atoms with van der Waals surface area (Å²) in [6.07, 6.45) is 3.94. The number of carbonyl (C=O) groups is 1. The molecule has 104 valence electrons. The zero-order valence-corrected chi connectivity index (χ0v) is 11.0. The van der Waals surface area contributed by atoms with E-state index in [1.165, 1.54) is 4.90 Å². The van der Waals surface area contributed by atoms with Crippen LogP contribution in [-0.2, 0) is 4.79 Å². The van der Waals surface area contributed by atoms with Gasteiger partial charge in [0.25, 0.3) is 0 Å². The maximum atomic E-state index is 12.0. The van der Waals surface area contributed by atoms with E-state index in [0.29, 0.717) is 12.1 Å². The summed E-state index contributed by atoms with van der Waals surface area (Å²) in [5, 5.41) is 3.45. The number of amides is 1. The second kappa shape index (κ2) is 5.28. The van der Waals surface area contributed by atoms with Gasteiger partial charge in [-0.1, -0.05) is 0 Å². The van der Waals surface area contributed by atoms with Crippen LogP contribution in [0.2, 0.25) is 0 Å². The van der Waals surface area contributed by atoms with Crippen LogP contribution in [0, 0.1) is 0 Å². The molecule has 2 unspecified atom stereocenters. The molecule has 18 heavy (non-hydrogen) atoms. The van der Waals surface area contributed by atoms with Crippen LogP contribution in [0.15, 0.2) is 0 Å². The van der Waals surface area contributed by atoms with Gasteiger partial charge >= 0.3 is 5.51 Å². The second-order valence-corrected chi connectivity index (χ2v) is 6.04. The molecule has 7 heteroatoms. The minimum atomic E-state index is -4.33. The topological polar surface area (TPSA) is 32.3 Å². The molecule has 0 aromatic heterocycles. The Balaban J connectivity index is 1.83. The van der Waals surface area contributed by atoms with Crippen molar-refractivity contribution in [3.63, 3.8) is 0 Å². The maximum Gasteiger partial charge on any atom is 0.442 e. The van der Waals surface area contributed by atoms with Crippen LogP contribution >= 0.6 is 11.8 Å². The molecule has 2 bridgehead atoms. The van der Waals surface area contributed by atoms with Gasteiger partial charge in [0.15, 0.2) is 0 Å². The van der Waals surface area contributed by atoms with Gasteiger partial charge in [0.05, 0.1) is 5.75 Å². The zero-order valence-electron chi connectivity index (χ0n) is 10.2. The van der Waals surface area contributed by atoms with Crippen LogP contribution in [0.25, 0.3) is 0 Å². The second-order valence-electron chi connectivity index (χ2n) is 5.00. The number of hydrogen-bond acceptors (Lipinski definition) is 3. The minimum absolute atomic E-state index is 0.0880. The number of nitrogens with zero attached hydrogens (tertiary/aromatic N) is 1. The standard InChI is InChI=1S/C11H17F3N2OS/c1-16(10(17)6-18-11(12,13)14)9-4-7-2-3-8(5-9)15-7/h7-9,15H,2-6H2,1H3. The summed E-state index contributed by atoms with van der Waals surface area (Å²) >= 11 is -0.256. The Morgan fingerprint density at radius 2 is 1.89 bits per heavy atom. The molecule has 2 atom stereocenters. The Morgan fingerprint density at radius 1 is 1.33 bits per heavy atom. The van der Waals surface area contributed by atoms with E-state index in [4.69, 9.17) is 0 Å². The quantitative estimate of drug-likeness (QED) is 0.859. The van der Waals surface area contributed by atoms with Gasteiger partial charge in [-0.3, -0.25) is 4.79 Å². The highest BCUT2D eigenvalue weighted by Gasteiger charge is 2.37. The van der Waals surface area contributed by atoms with Crippen molar-refractivity contribution >= 4 is 17.7 Å². The van der Waals surface area contributed by atoms with Crippen LogP contribution < -0.4 is 5.32 Å². The molecule has 0 spiro atoms. The maximum absolute atomic E-state index is 12.0. The van der Waals surface area contributed by atoms with E-state index >= 15 is 0 Å². The first kappa shape index (κ1) is 14.0. The van der Waals surface area contributed by atoms with E-state index in [-0.39, 0.29) is 17.8 Å². The van der Waals surface area contributed by atoms with Crippen molar-refractivity contribution in [2.75, 3.05) is 12.8 Å². The van der Waals surface area contributed by atoms with Crippen LogP contribution in [0.5, 0.6) is 0 Å². The Morgan fingerprint density at radius 3 is 2.39 bits per heavy atom. The molecule has 2 aliphatic rings. The fourth-order valence-electron chi connectivity index (χ4n) is 2.79. The van der Waals surface area contributed by atoms with E-state index < -0.39 is 17.2 Å². The van der Waals surface area contributed by atoms with Gasteiger partial charge in [-0.25, -0.2) is 0 Å². The molecule has 0 aromatic rings. The van der Waals surface area contributed by atoms with Gasteiger partial charge in [0, 0.05) is 25.2 Å². The number of nitrogens with one attached hydrogen (secondary N) is 1. The number of hydrogen-bond donors (Lipinski definition) is 1. The molecule has 2 aliphatic heterocycles. The third-order valence-corrected chi connectivity index (χ3v) is 4.47. The Hall–Kier alpha value is -0.430. The summed E-state index contributed by atoms with van der Waals surface area (Å²) in [6.45, 7) is 0. The van der Waals surface area contributed by atoms with Crippen molar-refractivity contribution in [3.8, 4) is 0 Å². The first-order valence-corrected chi connectivity index (χ1v) is 7.06. The summed E-state index contributed by atoms with van der Waals surface area (Å²) in [5.41, 5.74) is -4.33. The highest BCUT2D eigenvalue weighted by atomic mass is 32.2. The lowest BCUT2D eigenvalue weighted by molar-refractivity contribution is -0.130. The summed E-state index contributed by atoms with van der Waals surface area (Å²) < 4.78 is 36.1. The Kier molecular flexibility index (Phi) is 4.11. The van der Waals surface area contributed by atoms with Crippen LogP contribution in [0.1, 0.15) is 25.7 Å². The highest BCUT2D eigenvalue weighted by Crippen LogP contribution is 2.32. The molecule has 0 radical (unpaired) electrons. The summed E-state index contributed by atoms with van der Waals surface area (Å²) in [4.78, 5) is 13.2. The average molecular weight is 282 g/mol. The molecular weight excluding hydrogens is 265 g/mol. The first-order chi connectivity index (χ1) is 8.35. The van der Waals surface area contributed by atoms with Crippen LogP contribution in [0.4, 0.5) is 13.2 Å². The van der Waals surface area contributed by atoms with Gasteiger partial charge in [-0.15, -0.1) is 0 Å². The fraction of sp³-hybridized carbons (Fsp3) is 0.909. The molecule has 2 rings (SSSR count). The number of piperidine rings is 1. The minimum Gasteiger partial charge on any atom is -0.342 e. The molecule has 3 nitrogen and oxygen atoms in total. The summed E-state index contributed by atoms with van der Waals surface area (Å²) in [6, 6.07) is 0.948. The van der Waals surface area contributed by atoms with Crippen molar-refractivity contribution in [1.82, 2.24) is 10.2 Å². The van der Waals surface area contributed by atoms with Gasteiger partial charge in [-0.05, 0) is 37.4 Å². The summed E-state index contributed by atoms with van der Waals surface area (Å²) in [5.74, 6) is -0.942. The number of carbonyl (C=O) groups excluding carboxylic acids is 1. The van der Waals surface area contributed by atoms with Crippen molar-refractivity contribution in [2.45, 2.75) is 49.3 Å². The number of alkyl halides is 3. The average Bonchev–Trinajstić information content (AvgIpc) is 2.63. The number of fused-ring (bicyclic) bond motifs is 2. The van der Waals surface area contributed by atoms with E-state index in [0.717, 1.165) is 25.7 Å². The lowest BCUT2D eigenvalue weighted by Crippen LogP contribution is -2.49. The molecule has 2 heterocycles. The predicted molar refractivity (Wildman–Crippen MR) is 64.3 cm³/mol. The van der Waals surface area contributed by atoms with Crippen molar-refractivity contribution < 1.29 is 18.0 Å². The third-order valence-electron chi connectivity index (χ3n) is 3.75. The lowest BCUT2D eigenvalue weighted by Gasteiger charge is -2.35. The Bertz CT molecular complexity index is 312. The van der Waals surface area contributed by atoms with E-state index in [2.05, 4.69) is 5.32 Å². The molecule has 0 aromatic carbocycles. The Labute approximate surface area is 108 Å². The first-order valence-electron chi connectivity index (χ1n) is 6.07. The van der Waals surface area contributed by atoms with E-state index in [1.54, 1.807) is 7.05 Å². The van der Waals surface area contributed by atoms with Gasteiger partial charge in [0.2, 0.25) is 5.91 Å². The largest absolute Gasteiger partial charge is 0.442 e. The summed E-state index contributed by atoms with van der Waals surface area (Å²) in [7, 11) is 1.62. The molecule has 0 aliphatic carbocycles. The van der Waals surface area contributed by atoms with Crippen molar-refractivity contribution in [2.24, 2.45) is 0 Å². The van der Waals surface area contributed by atoms with E-state index in [1.807, 2.05) is 0 Å². The molecule has 2 fully saturated rings. The van der Waals surface area contributed by atoms with Crippen LogP contribution in [-0.4, -0.2) is 47.2 Å². The smallest absolute Gasteiger partial charge is 0.342 e. The lowest BCUT2D eigenvalue weighted by atomic mass is 9.98. The highest BCUT2D eigenvalue weighted by molar-refractivity contribution is 8.00. The van der Waals surface area contributed by atoms with Gasteiger partial charge in [-0.2, -0.15) is 13.2 Å². The monoisotopic (exact) mass is 282 g/mol. The third kappa shape index (κ3) is 3.54. The molecule has 1 N–H and O–H groups in total. The van der Waals surface area contributed by atoms with Crippen molar-refractivity contribution in [3.05, 3.63) is 0 Å². The van der Waals surface area contributed by atoms with Crippen LogP contribution in [0.3, 0.4) is 0 Å². The molecule has 0 saturated carbocycles. The zero-order chi connectivity index (χ0) is 13.3. The molecule has 1 amide bonds. The normalized spacial score (nSPS) is 31.4. The number of rotatable bonds is 3.